The molecule has 0 radical (unpaired) electrons. The molecular weight excluding hydrogens is 244 g/mol. The maximum absolute atomic E-state index is 11.2. The van der Waals surface area contributed by atoms with E-state index in [0.717, 1.165) is 24.5 Å². The van der Waals surface area contributed by atoms with Gasteiger partial charge >= 0.3 is 5.97 Å². The molecule has 0 saturated carbocycles. The fourth-order valence-corrected chi connectivity index (χ4v) is 1.58. The van der Waals surface area contributed by atoms with Crippen LogP contribution in [0.25, 0.3) is 0 Å². The molecule has 0 unspecified atom stereocenters. The van der Waals surface area contributed by atoms with Gasteiger partial charge in [0.2, 0.25) is 5.95 Å². The molecule has 6 heteroatoms. The Balaban J connectivity index is 2.38. The number of ether oxygens (including phenoxy) is 1. The Morgan fingerprint density at radius 3 is 2.79 bits per heavy atom. The van der Waals surface area contributed by atoms with Crippen LogP contribution in [0.4, 0.5) is 11.8 Å². The highest BCUT2D eigenvalue weighted by Gasteiger charge is 2.03. The van der Waals surface area contributed by atoms with Gasteiger partial charge in [-0.3, -0.25) is 4.79 Å². The molecule has 1 aromatic heterocycles. The molecule has 6 nitrogen and oxygen atoms in total. The van der Waals surface area contributed by atoms with Crippen molar-refractivity contribution < 1.29 is 9.53 Å². The zero-order chi connectivity index (χ0) is 14.1. The van der Waals surface area contributed by atoms with E-state index in [1.165, 1.54) is 0 Å². The van der Waals surface area contributed by atoms with Crippen LogP contribution in [0.3, 0.4) is 0 Å². The van der Waals surface area contributed by atoms with Gasteiger partial charge in [-0.25, -0.2) is 4.98 Å². The lowest BCUT2D eigenvalue weighted by molar-refractivity contribution is -0.143. The first-order valence-electron chi connectivity index (χ1n) is 6.64. The van der Waals surface area contributed by atoms with Gasteiger partial charge in [-0.2, -0.15) is 4.98 Å². The van der Waals surface area contributed by atoms with Crippen molar-refractivity contribution in [3.8, 4) is 0 Å². The Morgan fingerprint density at radius 1 is 1.32 bits per heavy atom. The number of anilines is 2. The van der Waals surface area contributed by atoms with E-state index in [9.17, 15) is 4.79 Å². The molecule has 1 rings (SSSR count). The standard InChI is InChI=1S/C13H22N4O2/c1-4-14-13-16-10(3)9-11(17-13)15-8-6-7-12(18)19-5-2/h9H,4-8H2,1-3H3,(H2,14,15,16,17). The summed E-state index contributed by atoms with van der Waals surface area (Å²) in [5.74, 6) is 1.24. The molecular formula is C13H22N4O2. The van der Waals surface area contributed by atoms with Crippen molar-refractivity contribution in [2.45, 2.75) is 33.6 Å². The van der Waals surface area contributed by atoms with E-state index in [1.807, 2.05) is 26.8 Å². The molecule has 0 aromatic carbocycles. The predicted octanol–water partition coefficient (Wildman–Crippen LogP) is 1.97. The van der Waals surface area contributed by atoms with Crippen LogP contribution in [0.2, 0.25) is 0 Å². The van der Waals surface area contributed by atoms with Gasteiger partial charge in [0.25, 0.3) is 0 Å². The van der Waals surface area contributed by atoms with E-state index in [4.69, 9.17) is 4.74 Å². The number of aromatic nitrogens is 2. The molecule has 1 heterocycles. The highest BCUT2D eigenvalue weighted by molar-refractivity contribution is 5.69. The third-order valence-corrected chi connectivity index (χ3v) is 2.36. The van der Waals surface area contributed by atoms with Crippen molar-refractivity contribution in [3.05, 3.63) is 11.8 Å². The van der Waals surface area contributed by atoms with E-state index in [1.54, 1.807) is 0 Å². The normalized spacial score (nSPS) is 10.1. The lowest BCUT2D eigenvalue weighted by Gasteiger charge is -2.08. The van der Waals surface area contributed by atoms with Crippen molar-refractivity contribution in [1.82, 2.24) is 9.97 Å². The first-order chi connectivity index (χ1) is 9.15. The minimum atomic E-state index is -0.156. The quantitative estimate of drug-likeness (QED) is 0.553. The van der Waals surface area contributed by atoms with E-state index in [0.29, 0.717) is 25.5 Å². The number of carbonyl (C=O) groups excluding carboxylic acids is 1. The number of nitrogens with one attached hydrogen (secondary N) is 2. The SMILES string of the molecule is CCNc1nc(C)cc(NCCCC(=O)OCC)n1. The molecule has 1 aromatic rings. The molecule has 0 amide bonds. The summed E-state index contributed by atoms with van der Waals surface area (Å²) in [4.78, 5) is 19.8. The molecule has 0 fully saturated rings. The number of carbonyl (C=O) groups is 1. The molecule has 0 saturated heterocycles. The van der Waals surface area contributed by atoms with Crippen LogP contribution in [0, 0.1) is 6.92 Å². The van der Waals surface area contributed by atoms with Gasteiger partial charge in [0, 0.05) is 31.3 Å². The molecule has 0 atom stereocenters. The highest BCUT2D eigenvalue weighted by Crippen LogP contribution is 2.09. The number of nitrogens with zero attached hydrogens (tertiary/aromatic N) is 2. The van der Waals surface area contributed by atoms with Gasteiger partial charge < -0.3 is 15.4 Å². The molecule has 0 aliphatic carbocycles. The topological polar surface area (TPSA) is 76.1 Å². The summed E-state index contributed by atoms with van der Waals surface area (Å²) in [6.45, 7) is 7.63. The van der Waals surface area contributed by atoms with Crippen molar-refractivity contribution >= 4 is 17.7 Å². The van der Waals surface area contributed by atoms with Gasteiger partial charge in [-0.15, -0.1) is 0 Å². The summed E-state index contributed by atoms with van der Waals surface area (Å²) in [7, 11) is 0. The number of rotatable bonds is 8. The van der Waals surface area contributed by atoms with Crippen LogP contribution in [0.5, 0.6) is 0 Å². The van der Waals surface area contributed by atoms with Crippen molar-refractivity contribution in [2.24, 2.45) is 0 Å². The Morgan fingerprint density at radius 2 is 2.11 bits per heavy atom. The second-order valence-electron chi connectivity index (χ2n) is 4.08. The average molecular weight is 266 g/mol. The number of aryl methyl sites for hydroxylation is 1. The molecule has 0 aliphatic heterocycles. The number of hydrogen-bond acceptors (Lipinski definition) is 6. The van der Waals surface area contributed by atoms with Gasteiger partial charge in [-0.05, 0) is 27.2 Å². The third kappa shape index (κ3) is 6.03. The minimum absolute atomic E-state index is 0.156. The Hall–Kier alpha value is -1.85. The summed E-state index contributed by atoms with van der Waals surface area (Å²) in [6.07, 6.45) is 1.14. The van der Waals surface area contributed by atoms with Gasteiger partial charge in [-0.1, -0.05) is 0 Å². The maximum atomic E-state index is 11.2. The number of hydrogen-bond donors (Lipinski definition) is 2. The Kier molecular flexibility index (Phi) is 6.63. The summed E-state index contributed by atoms with van der Waals surface area (Å²) in [5, 5.41) is 6.26. The monoisotopic (exact) mass is 266 g/mol. The second-order valence-corrected chi connectivity index (χ2v) is 4.08. The Bertz CT molecular complexity index is 410. The Labute approximate surface area is 114 Å². The van der Waals surface area contributed by atoms with Gasteiger partial charge in [0.05, 0.1) is 6.61 Å². The number of esters is 1. The van der Waals surface area contributed by atoms with Crippen molar-refractivity contribution in [3.63, 3.8) is 0 Å². The fraction of sp³-hybridized carbons (Fsp3) is 0.615. The third-order valence-electron chi connectivity index (χ3n) is 2.36. The van der Waals surface area contributed by atoms with Crippen LogP contribution in [-0.4, -0.2) is 35.6 Å². The van der Waals surface area contributed by atoms with E-state index in [2.05, 4.69) is 20.6 Å². The van der Waals surface area contributed by atoms with Crippen LogP contribution in [-0.2, 0) is 9.53 Å². The smallest absolute Gasteiger partial charge is 0.305 e. The lowest BCUT2D eigenvalue weighted by atomic mass is 10.3. The van der Waals surface area contributed by atoms with Crippen molar-refractivity contribution in [2.75, 3.05) is 30.3 Å². The first kappa shape index (κ1) is 15.2. The molecule has 2 N–H and O–H groups in total. The molecule has 0 spiro atoms. The van der Waals surface area contributed by atoms with E-state index >= 15 is 0 Å². The van der Waals surface area contributed by atoms with Crippen LogP contribution < -0.4 is 10.6 Å². The fourth-order valence-electron chi connectivity index (χ4n) is 1.58. The highest BCUT2D eigenvalue weighted by atomic mass is 16.5. The molecule has 19 heavy (non-hydrogen) atoms. The van der Waals surface area contributed by atoms with Crippen LogP contribution in [0.1, 0.15) is 32.4 Å². The summed E-state index contributed by atoms with van der Waals surface area (Å²) >= 11 is 0. The first-order valence-corrected chi connectivity index (χ1v) is 6.64. The van der Waals surface area contributed by atoms with Gasteiger partial charge in [0.15, 0.2) is 0 Å². The van der Waals surface area contributed by atoms with Crippen molar-refractivity contribution in [1.29, 1.82) is 0 Å². The van der Waals surface area contributed by atoms with Gasteiger partial charge in [0.1, 0.15) is 5.82 Å². The maximum Gasteiger partial charge on any atom is 0.305 e. The van der Waals surface area contributed by atoms with E-state index < -0.39 is 0 Å². The zero-order valence-electron chi connectivity index (χ0n) is 11.8. The van der Waals surface area contributed by atoms with Crippen LogP contribution in [0.15, 0.2) is 6.07 Å². The second kappa shape index (κ2) is 8.29. The summed E-state index contributed by atoms with van der Waals surface area (Å²) in [5.41, 5.74) is 0.902. The lowest BCUT2D eigenvalue weighted by Crippen LogP contribution is -2.10. The summed E-state index contributed by atoms with van der Waals surface area (Å²) in [6, 6.07) is 1.88. The van der Waals surface area contributed by atoms with E-state index in [-0.39, 0.29) is 5.97 Å². The summed E-state index contributed by atoms with van der Waals surface area (Å²) < 4.78 is 4.86. The molecule has 0 aliphatic rings. The molecule has 106 valence electrons. The van der Waals surface area contributed by atoms with Crippen LogP contribution >= 0.6 is 0 Å². The predicted molar refractivity (Wildman–Crippen MR) is 75.3 cm³/mol. The zero-order valence-corrected chi connectivity index (χ0v) is 11.8. The minimum Gasteiger partial charge on any atom is -0.466 e. The average Bonchev–Trinajstić information content (AvgIpc) is 2.35. The largest absolute Gasteiger partial charge is 0.466 e. The molecule has 0 bridgehead atoms.